The van der Waals surface area contributed by atoms with Crippen LogP contribution < -0.4 is 16.4 Å². The number of hydrogen-bond acceptors (Lipinski definition) is 0. The zero-order valence-corrected chi connectivity index (χ0v) is 39.0. The molecule has 0 fully saturated rings. The third-order valence-electron chi connectivity index (χ3n) is 13.0. The van der Waals surface area contributed by atoms with Crippen LogP contribution in [0.25, 0.3) is 0 Å². The molecule has 0 atom stereocenters. The Bertz CT molecular complexity index is 1080. The van der Waals surface area contributed by atoms with Crippen LogP contribution >= 0.6 is 7.26 Å². The van der Waals surface area contributed by atoms with E-state index in [1.165, 1.54) is 164 Å². The molecule has 0 aliphatic carbocycles. The molecular weight excluding hydrogens is 690 g/mol. The molecule has 0 amide bonds. The fourth-order valence-electron chi connectivity index (χ4n) is 9.51. The summed E-state index contributed by atoms with van der Waals surface area (Å²) in [5, 5.41) is 0. The summed E-state index contributed by atoms with van der Waals surface area (Å²) >= 11 is 0. The van der Waals surface area contributed by atoms with Crippen LogP contribution in [0.1, 0.15) is 202 Å². The molecule has 3 aromatic rings. The van der Waals surface area contributed by atoms with Gasteiger partial charge in [-0.25, -0.2) is 0 Å². The van der Waals surface area contributed by atoms with E-state index in [9.17, 15) is 0 Å². The molecule has 0 heterocycles. The predicted octanol–water partition coefficient (Wildman–Crippen LogP) is 16.4. The van der Waals surface area contributed by atoms with E-state index in [0.29, 0.717) is 0 Å². The van der Waals surface area contributed by atoms with Crippen LogP contribution in [0.3, 0.4) is 0 Å². The van der Waals surface area contributed by atoms with Gasteiger partial charge in [-0.3, -0.25) is 0 Å². The summed E-state index contributed by atoms with van der Waals surface area (Å²) in [5.74, 6) is 0. The lowest BCUT2D eigenvalue weighted by molar-refractivity contribution is 0.610. The van der Waals surface area contributed by atoms with Gasteiger partial charge in [-0.2, -0.15) is 22.7 Å². The van der Waals surface area contributed by atoms with Gasteiger partial charge in [0.05, 0.1) is 30.8 Å². The Morgan fingerprint density at radius 1 is 0.286 bits per heavy atom. The third kappa shape index (κ3) is 20.7. The second-order valence-electron chi connectivity index (χ2n) is 17.7. The lowest BCUT2D eigenvalue weighted by atomic mass is 9.14. The van der Waals surface area contributed by atoms with Crippen LogP contribution in [0.4, 0.5) is 0 Å². The summed E-state index contributed by atoms with van der Waals surface area (Å²) in [6.45, 7) is 11.7. The lowest BCUT2D eigenvalue weighted by Gasteiger charge is -2.43. The minimum atomic E-state index is -0.913. The van der Waals surface area contributed by atoms with E-state index in [1.807, 2.05) is 0 Å². The molecule has 56 heavy (non-hydrogen) atoms. The molecule has 0 aromatic heterocycles. The molecule has 0 N–H and O–H groups in total. The molecule has 0 radical (unpaired) electrons. The van der Waals surface area contributed by atoms with Gasteiger partial charge in [0.15, 0.2) is 0 Å². The van der Waals surface area contributed by atoms with E-state index in [2.05, 4.69) is 126 Å². The van der Waals surface area contributed by atoms with Gasteiger partial charge in [-0.05, 0) is 51.4 Å². The molecule has 3 aromatic carbocycles. The van der Waals surface area contributed by atoms with Crippen molar-refractivity contribution in [3.05, 3.63) is 91.0 Å². The fourth-order valence-corrected chi connectivity index (χ4v) is 14.4. The summed E-state index contributed by atoms with van der Waals surface area (Å²) in [4.78, 5) is 0. The molecule has 0 aliphatic heterocycles. The molecule has 3 rings (SSSR count). The summed E-state index contributed by atoms with van der Waals surface area (Å²) in [6, 6.07) is 33.2. The van der Waals surface area contributed by atoms with E-state index in [-0.39, 0.29) is 0 Å². The molecule has 2 heteroatoms. The number of unbranched alkanes of at least 4 members (excludes halogenated alkanes) is 21. The fraction of sp³-hybridized carbons (Fsp3) is 0.667. The van der Waals surface area contributed by atoms with Crippen molar-refractivity contribution in [2.24, 2.45) is 0 Å². The van der Waals surface area contributed by atoms with Gasteiger partial charge in [0.2, 0.25) is 0 Å². The van der Waals surface area contributed by atoms with Crippen molar-refractivity contribution in [1.82, 2.24) is 0 Å². The first-order valence-corrected chi connectivity index (χ1v) is 27.3. The molecule has 0 bridgehead atoms. The number of rotatable bonds is 34. The van der Waals surface area contributed by atoms with Gasteiger partial charge in [-0.15, -0.1) is 0 Å². The number of benzene rings is 3. The van der Waals surface area contributed by atoms with Gasteiger partial charge in [0.1, 0.15) is 0 Å². The Hall–Kier alpha value is -1.85. The van der Waals surface area contributed by atoms with E-state index in [0.717, 1.165) is 0 Å². The van der Waals surface area contributed by atoms with E-state index < -0.39 is 13.4 Å². The van der Waals surface area contributed by atoms with E-state index in [1.54, 1.807) is 50.3 Å². The monoisotopic (exact) mass is 783 g/mol. The zero-order chi connectivity index (χ0) is 40.3. The molecule has 0 saturated heterocycles. The van der Waals surface area contributed by atoms with Crippen LogP contribution in [0.5, 0.6) is 0 Å². The maximum atomic E-state index is 2.35. The quantitative estimate of drug-likeness (QED) is 0.0322. The van der Waals surface area contributed by atoms with Gasteiger partial charge in [0, 0.05) is 7.26 Å². The van der Waals surface area contributed by atoms with Crippen molar-refractivity contribution in [3.8, 4) is 0 Å². The minimum Gasteiger partial charge on any atom is -0.200 e. The maximum absolute atomic E-state index is 2.35. The smallest absolute Gasteiger partial charge is 0.0814 e. The highest BCUT2D eigenvalue weighted by atomic mass is 31.2. The Morgan fingerprint density at radius 2 is 0.518 bits per heavy atom. The largest absolute Gasteiger partial charge is 0.200 e. The Balaban J connectivity index is 0.000000408. The molecule has 316 valence electrons. The minimum absolute atomic E-state index is 0.718. The Kier molecular flexibility index (Phi) is 30.6. The summed E-state index contributed by atoms with van der Waals surface area (Å²) in [7, 11) is -0.718. The first kappa shape index (κ1) is 50.3. The molecular formula is C54H92BP. The third-order valence-corrected chi connectivity index (χ3v) is 18.1. The Labute approximate surface area is 351 Å². The lowest BCUT2D eigenvalue weighted by Crippen LogP contribution is -2.66. The van der Waals surface area contributed by atoms with Crippen molar-refractivity contribution in [2.45, 2.75) is 208 Å². The molecule has 0 aliphatic rings. The second-order valence-corrected chi connectivity index (χ2v) is 22.2. The molecule has 0 spiro atoms. The van der Waals surface area contributed by atoms with E-state index in [4.69, 9.17) is 0 Å². The van der Waals surface area contributed by atoms with Crippen molar-refractivity contribution < 1.29 is 0 Å². The number of hydrogen-bond donors (Lipinski definition) is 0. The van der Waals surface area contributed by atoms with Crippen molar-refractivity contribution >= 4 is 29.8 Å². The van der Waals surface area contributed by atoms with Crippen LogP contribution in [-0.2, 0) is 0 Å². The van der Waals surface area contributed by atoms with Crippen molar-refractivity contribution in [3.63, 3.8) is 0 Å². The normalized spacial score (nSPS) is 11.7. The maximum Gasteiger partial charge on any atom is 0.0814 e. The van der Waals surface area contributed by atoms with Crippen LogP contribution in [0.15, 0.2) is 91.0 Å². The summed E-state index contributed by atoms with van der Waals surface area (Å²) in [6.07, 6.45) is 44.9. The van der Waals surface area contributed by atoms with Crippen LogP contribution in [0.2, 0.25) is 6.32 Å². The van der Waals surface area contributed by atoms with Gasteiger partial charge < -0.3 is 0 Å². The highest BCUT2D eigenvalue weighted by molar-refractivity contribution is 7.75. The molecule has 0 nitrogen and oxygen atoms in total. The van der Waals surface area contributed by atoms with Gasteiger partial charge in [0.25, 0.3) is 0 Å². The summed E-state index contributed by atoms with van der Waals surface area (Å²) < 4.78 is 0. The first-order valence-electron chi connectivity index (χ1n) is 24.8. The van der Waals surface area contributed by atoms with Gasteiger partial charge >= 0.3 is 0 Å². The average molecular weight is 783 g/mol. The Morgan fingerprint density at radius 3 is 0.768 bits per heavy atom. The average Bonchev–Trinajstić information content (AvgIpc) is 3.24. The highest BCUT2D eigenvalue weighted by Gasteiger charge is 2.35. The SMILES string of the molecule is CCCCCCCC[P+](CCCCCCCC)(CCCCCCCC)CCCCCCCC.CCCC[B-](c1ccccc1)(c1ccccc1)c1ccccc1. The standard InChI is InChI=1S/C32H68P.C22H24B/c1-5-9-13-17-21-25-29-33(30-26-22-18-14-10-6-2,31-27-23-19-15-11-7-3)32-28-24-20-16-12-8-4;1-2-3-19-23(20-13-7-4-8-14-20,21-15-9-5-10-16-21)22-17-11-6-12-18-22/h5-32H2,1-4H3;4-18H,2-3,19H2,1H3/q+1;-1. The van der Waals surface area contributed by atoms with Crippen LogP contribution in [0, 0.1) is 0 Å². The zero-order valence-electron chi connectivity index (χ0n) is 38.1. The van der Waals surface area contributed by atoms with E-state index >= 15 is 0 Å². The van der Waals surface area contributed by atoms with Crippen molar-refractivity contribution in [1.29, 1.82) is 0 Å². The molecule has 0 saturated carbocycles. The second kappa shape index (κ2) is 34.1. The topological polar surface area (TPSA) is 0 Å². The molecule has 0 unspecified atom stereocenters. The van der Waals surface area contributed by atoms with Crippen molar-refractivity contribution in [2.75, 3.05) is 24.6 Å². The summed E-state index contributed by atoms with van der Waals surface area (Å²) in [5.41, 5.74) is 4.33. The first-order chi connectivity index (χ1) is 27.6. The predicted molar refractivity (Wildman–Crippen MR) is 264 cm³/mol. The van der Waals surface area contributed by atoms with Gasteiger partial charge in [-0.1, -0.05) is 241 Å². The highest BCUT2D eigenvalue weighted by Crippen LogP contribution is 2.61. The van der Waals surface area contributed by atoms with Crippen LogP contribution in [-0.4, -0.2) is 30.8 Å².